The maximum Gasteiger partial charge on any atom is 0.305 e. The number of hydrogen-bond acceptors (Lipinski definition) is 6. The van der Waals surface area contributed by atoms with Crippen LogP contribution in [0.5, 0.6) is 0 Å². The topological polar surface area (TPSA) is 79.8 Å². The van der Waals surface area contributed by atoms with Gasteiger partial charge < -0.3 is 9.64 Å². The van der Waals surface area contributed by atoms with Crippen LogP contribution in [0, 0.1) is 0 Å². The van der Waals surface area contributed by atoms with E-state index in [-0.39, 0.29) is 30.7 Å². The van der Waals surface area contributed by atoms with Crippen molar-refractivity contribution < 1.29 is 19.1 Å². The van der Waals surface area contributed by atoms with E-state index in [1.54, 1.807) is 35.8 Å². The Kier molecular flexibility index (Phi) is 7.19. The molecule has 7 nitrogen and oxygen atoms in total. The van der Waals surface area contributed by atoms with E-state index in [0.29, 0.717) is 42.4 Å². The lowest BCUT2D eigenvalue weighted by Gasteiger charge is -2.50. The highest BCUT2D eigenvalue weighted by molar-refractivity contribution is 7.17. The van der Waals surface area contributed by atoms with Gasteiger partial charge in [-0.15, -0.1) is 11.3 Å². The first-order chi connectivity index (χ1) is 16.3. The molecule has 0 saturated carbocycles. The maximum atomic E-state index is 13.8. The van der Waals surface area contributed by atoms with Crippen LogP contribution < -0.4 is 4.90 Å². The van der Waals surface area contributed by atoms with Crippen molar-refractivity contribution in [3.05, 3.63) is 58.6 Å². The second-order valence-corrected chi connectivity index (χ2v) is 9.67. The van der Waals surface area contributed by atoms with Crippen molar-refractivity contribution in [2.75, 3.05) is 24.6 Å². The molecule has 0 spiro atoms. The lowest BCUT2D eigenvalue weighted by molar-refractivity contribution is -0.143. The van der Waals surface area contributed by atoms with Crippen molar-refractivity contribution in [2.24, 2.45) is 0 Å². The predicted molar refractivity (Wildman–Crippen MR) is 133 cm³/mol. The number of fused-ring (bicyclic) bond motifs is 1. The van der Waals surface area contributed by atoms with Crippen LogP contribution in [-0.2, 0) is 14.3 Å². The molecule has 3 aromatic rings. The van der Waals surface area contributed by atoms with Crippen LogP contribution in [-0.4, -0.2) is 52.9 Å². The van der Waals surface area contributed by atoms with Crippen molar-refractivity contribution in [3.63, 3.8) is 0 Å². The van der Waals surface area contributed by atoms with Crippen LogP contribution in [0.4, 0.5) is 5.82 Å². The number of hydrogen-bond donors (Lipinski definition) is 0. The van der Waals surface area contributed by atoms with Gasteiger partial charge in [-0.05, 0) is 44.9 Å². The Hall–Kier alpha value is -2.97. The fourth-order valence-corrected chi connectivity index (χ4v) is 5.20. The SMILES string of the molecule is CCOC(=O)CCCN(C(=O)C1(C)CCN1C(=O)c1csc2ccccc12)c1ccc(Cl)cn1. The summed E-state index contributed by atoms with van der Waals surface area (Å²) in [4.78, 5) is 46.6. The number of carbonyl (C=O) groups is 3. The minimum atomic E-state index is -1.01. The normalized spacial score (nSPS) is 17.3. The second-order valence-electron chi connectivity index (χ2n) is 8.33. The van der Waals surface area contributed by atoms with Crippen molar-refractivity contribution in [2.45, 2.75) is 38.6 Å². The minimum Gasteiger partial charge on any atom is -0.466 e. The van der Waals surface area contributed by atoms with Crippen LogP contribution in [0.15, 0.2) is 48.0 Å². The molecular formula is C25H26ClN3O4S. The quantitative estimate of drug-likeness (QED) is 0.410. The molecule has 1 aliphatic heterocycles. The Labute approximate surface area is 207 Å². The van der Waals surface area contributed by atoms with Gasteiger partial charge >= 0.3 is 5.97 Å². The van der Waals surface area contributed by atoms with E-state index in [1.807, 2.05) is 29.6 Å². The summed E-state index contributed by atoms with van der Waals surface area (Å²) >= 11 is 7.51. The van der Waals surface area contributed by atoms with Gasteiger partial charge in [0.05, 0.1) is 17.2 Å². The molecule has 1 unspecified atom stereocenters. The van der Waals surface area contributed by atoms with E-state index in [1.165, 1.54) is 17.5 Å². The smallest absolute Gasteiger partial charge is 0.305 e. The average molecular weight is 500 g/mol. The highest BCUT2D eigenvalue weighted by Crippen LogP contribution is 2.37. The number of amides is 2. The van der Waals surface area contributed by atoms with E-state index in [4.69, 9.17) is 16.3 Å². The Bertz CT molecular complexity index is 1210. The summed E-state index contributed by atoms with van der Waals surface area (Å²) in [5.74, 6) is -0.268. The van der Waals surface area contributed by atoms with Crippen LogP contribution in [0.25, 0.3) is 10.1 Å². The lowest BCUT2D eigenvalue weighted by atomic mass is 9.84. The molecule has 0 bridgehead atoms. The van der Waals surface area contributed by atoms with Gasteiger partial charge in [-0.2, -0.15) is 0 Å². The average Bonchev–Trinajstić information content (AvgIpc) is 3.25. The molecule has 4 rings (SSSR count). The first-order valence-electron chi connectivity index (χ1n) is 11.2. The number of pyridine rings is 1. The monoisotopic (exact) mass is 499 g/mol. The number of carbonyl (C=O) groups excluding carboxylic acids is 3. The molecular weight excluding hydrogens is 474 g/mol. The van der Waals surface area contributed by atoms with Gasteiger partial charge in [0.15, 0.2) is 0 Å². The third-order valence-electron chi connectivity index (χ3n) is 6.14. The van der Waals surface area contributed by atoms with Gasteiger partial charge in [-0.25, -0.2) is 4.98 Å². The highest BCUT2D eigenvalue weighted by Gasteiger charge is 2.51. The zero-order valence-corrected chi connectivity index (χ0v) is 20.7. The van der Waals surface area contributed by atoms with Crippen molar-refractivity contribution >= 4 is 56.6 Å². The first kappa shape index (κ1) is 24.2. The largest absolute Gasteiger partial charge is 0.466 e. The maximum absolute atomic E-state index is 13.8. The molecule has 1 saturated heterocycles. The van der Waals surface area contributed by atoms with Crippen molar-refractivity contribution in [1.82, 2.24) is 9.88 Å². The number of ether oxygens (including phenoxy) is 1. The molecule has 0 radical (unpaired) electrons. The molecule has 0 N–H and O–H groups in total. The predicted octanol–water partition coefficient (Wildman–Crippen LogP) is 4.93. The van der Waals surface area contributed by atoms with E-state index < -0.39 is 5.54 Å². The number of rotatable bonds is 8. The number of nitrogens with zero attached hydrogens (tertiary/aromatic N) is 3. The molecule has 9 heteroatoms. The van der Waals surface area contributed by atoms with E-state index >= 15 is 0 Å². The summed E-state index contributed by atoms with van der Waals surface area (Å²) in [5, 5.41) is 3.21. The Morgan fingerprint density at radius 3 is 2.71 bits per heavy atom. The Morgan fingerprint density at radius 1 is 1.24 bits per heavy atom. The fraction of sp³-hybridized carbons (Fsp3) is 0.360. The van der Waals surface area contributed by atoms with Crippen molar-refractivity contribution in [3.8, 4) is 0 Å². The van der Waals surface area contributed by atoms with Gasteiger partial charge in [0, 0.05) is 41.2 Å². The third kappa shape index (κ3) is 4.65. The fourth-order valence-electron chi connectivity index (χ4n) is 4.15. The van der Waals surface area contributed by atoms with E-state index in [9.17, 15) is 14.4 Å². The van der Waals surface area contributed by atoms with Crippen LogP contribution in [0.1, 0.15) is 43.5 Å². The van der Waals surface area contributed by atoms with E-state index in [0.717, 1.165) is 10.1 Å². The standard InChI is InChI=1S/C25H26ClN3O4S/c1-3-33-22(30)9-6-13-28(21-11-10-17(26)15-27-21)24(32)25(2)12-14-29(25)23(31)19-16-34-20-8-5-4-7-18(19)20/h4-5,7-8,10-11,15-16H,3,6,9,12-14H2,1-2H3. The molecule has 1 fully saturated rings. The van der Waals surface area contributed by atoms with Gasteiger partial charge in [-0.1, -0.05) is 29.8 Å². The second kappa shape index (κ2) is 10.1. The summed E-state index contributed by atoms with van der Waals surface area (Å²) < 4.78 is 6.04. The number of halogens is 1. The van der Waals surface area contributed by atoms with Crippen molar-refractivity contribution in [1.29, 1.82) is 0 Å². The molecule has 0 aliphatic carbocycles. The Balaban J connectivity index is 1.57. The zero-order chi connectivity index (χ0) is 24.3. The molecule has 1 atom stereocenters. The third-order valence-corrected chi connectivity index (χ3v) is 7.32. The minimum absolute atomic E-state index is 0.157. The highest BCUT2D eigenvalue weighted by atomic mass is 35.5. The van der Waals surface area contributed by atoms with Gasteiger partial charge in [-0.3, -0.25) is 19.3 Å². The number of benzene rings is 1. The Morgan fingerprint density at radius 2 is 2.03 bits per heavy atom. The molecule has 2 aromatic heterocycles. The zero-order valence-electron chi connectivity index (χ0n) is 19.1. The van der Waals surface area contributed by atoms with Gasteiger partial charge in [0.1, 0.15) is 11.4 Å². The number of anilines is 1. The summed E-state index contributed by atoms with van der Waals surface area (Å²) in [6, 6.07) is 11.1. The van der Waals surface area contributed by atoms with Gasteiger partial charge in [0.25, 0.3) is 11.8 Å². The molecule has 3 heterocycles. The van der Waals surface area contributed by atoms with Gasteiger partial charge in [0.2, 0.25) is 0 Å². The van der Waals surface area contributed by atoms with Crippen LogP contribution in [0.3, 0.4) is 0 Å². The number of thiophene rings is 1. The van der Waals surface area contributed by atoms with E-state index in [2.05, 4.69) is 4.98 Å². The lowest BCUT2D eigenvalue weighted by Crippen LogP contribution is -2.68. The number of esters is 1. The molecule has 1 aromatic carbocycles. The molecule has 2 amide bonds. The first-order valence-corrected chi connectivity index (χ1v) is 12.5. The number of aromatic nitrogens is 1. The molecule has 34 heavy (non-hydrogen) atoms. The summed E-state index contributed by atoms with van der Waals surface area (Å²) in [6.45, 7) is 4.62. The molecule has 1 aliphatic rings. The summed E-state index contributed by atoms with van der Waals surface area (Å²) in [7, 11) is 0. The molecule has 178 valence electrons. The number of likely N-dealkylation sites (tertiary alicyclic amines) is 1. The summed E-state index contributed by atoms with van der Waals surface area (Å²) in [6.07, 6.45) is 2.62. The van der Waals surface area contributed by atoms with Crippen LogP contribution >= 0.6 is 22.9 Å². The summed E-state index contributed by atoms with van der Waals surface area (Å²) in [5.41, 5.74) is -0.399. The van der Waals surface area contributed by atoms with Crippen LogP contribution in [0.2, 0.25) is 5.02 Å².